The van der Waals surface area contributed by atoms with Gasteiger partial charge in [0, 0.05) is 21.3 Å². The van der Waals surface area contributed by atoms with Crippen molar-refractivity contribution in [2.24, 2.45) is 0 Å². The Kier molecular flexibility index (Phi) is 6.97. The topological polar surface area (TPSA) is 12.9 Å². The van der Waals surface area contributed by atoms with E-state index in [1.807, 2.05) is 36.4 Å². The molecule has 0 N–H and O–H groups in total. The van der Waals surface area contributed by atoms with Gasteiger partial charge in [-0.3, -0.25) is 4.98 Å². The molecule has 0 bridgehead atoms. The Labute approximate surface area is 171 Å². The Morgan fingerprint density at radius 1 is 0.600 bits per heavy atom. The minimum absolute atomic E-state index is 0.380. The van der Waals surface area contributed by atoms with Gasteiger partial charge in [0.15, 0.2) is 0 Å². The maximum Gasteiger partial charge on any atom is 0.0831 e. The lowest BCUT2D eigenvalue weighted by molar-refractivity contribution is 1.09. The second kappa shape index (κ2) is 9.20. The fraction of sp³-hybridized carbons (Fsp3) is 0.105. The number of rotatable bonds is 6. The van der Waals surface area contributed by atoms with Gasteiger partial charge >= 0.3 is 0 Å². The Balaban J connectivity index is 1.77. The largest absolute Gasteiger partial charge is 0.253 e. The second-order valence-electron chi connectivity index (χ2n) is 5.15. The van der Waals surface area contributed by atoms with E-state index >= 15 is 0 Å². The zero-order chi connectivity index (χ0) is 17.6. The van der Waals surface area contributed by atoms with Crippen molar-refractivity contribution in [1.82, 2.24) is 4.98 Å². The van der Waals surface area contributed by atoms with E-state index in [4.69, 9.17) is 34.8 Å². The number of halogens is 3. The van der Waals surface area contributed by atoms with Crippen LogP contribution in [0.25, 0.3) is 0 Å². The number of hydrogen-bond donors (Lipinski definition) is 0. The maximum absolute atomic E-state index is 6.35. The normalized spacial score (nSPS) is 10.8. The smallest absolute Gasteiger partial charge is 0.0831 e. The SMILES string of the molecule is Clc1c(CSc2ccccc2)nc(CSc2ccccc2)c(Cl)c1Cl. The van der Waals surface area contributed by atoms with Gasteiger partial charge < -0.3 is 0 Å². The first-order valence-corrected chi connectivity index (χ1v) is 10.6. The van der Waals surface area contributed by atoms with E-state index in [0.717, 1.165) is 21.2 Å². The molecule has 1 nitrogen and oxygen atoms in total. The Morgan fingerprint density at radius 2 is 1.00 bits per heavy atom. The lowest BCUT2D eigenvalue weighted by Gasteiger charge is -2.11. The summed E-state index contributed by atoms with van der Waals surface area (Å²) < 4.78 is 0. The van der Waals surface area contributed by atoms with Crippen LogP contribution >= 0.6 is 58.3 Å². The molecule has 0 unspecified atom stereocenters. The first-order chi connectivity index (χ1) is 12.1. The monoisotopic (exact) mass is 425 g/mol. The molecular weight excluding hydrogens is 413 g/mol. The number of nitrogens with zero attached hydrogens (tertiary/aromatic N) is 1. The van der Waals surface area contributed by atoms with Gasteiger partial charge in [0.2, 0.25) is 0 Å². The summed E-state index contributed by atoms with van der Waals surface area (Å²) in [6, 6.07) is 20.3. The van der Waals surface area contributed by atoms with Crippen LogP contribution in [-0.4, -0.2) is 4.98 Å². The summed E-state index contributed by atoms with van der Waals surface area (Å²) in [5.74, 6) is 1.28. The molecule has 6 heteroatoms. The highest BCUT2D eigenvalue weighted by molar-refractivity contribution is 7.98. The van der Waals surface area contributed by atoms with E-state index in [1.165, 1.54) is 0 Å². The molecule has 0 atom stereocenters. The van der Waals surface area contributed by atoms with Crippen LogP contribution in [0.15, 0.2) is 70.5 Å². The van der Waals surface area contributed by atoms with Crippen LogP contribution in [0, 0.1) is 0 Å². The second-order valence-corrected chi connectivity index (χ2v) is 8.38. The van der Waals surface area contributed by atoms with Gasteiger partial charge in [0.25, 0.3) is 0 Å². The average Bonchev–Trinajstić information content (AvgIpc) is 2.66. The lowest BCUT2D eigenvalue weighted by Crippen LogP contribution is -1.98. The molecule has 0 spiro atoms. The molecule has 2 aromatic carbocycles. The zero-order valence-electron chi connectivity index (χ0n) is 13.1. The quantitative estimate of drug-likeness (QED) is 0.376. The molecule has 3 aromatic rings. The predicted molar refractivity (Wildman–Crippen MR) is 111 cm³/mol. The van der Waals surface area contributed by atoms with E-state index < -0.39 is 0 Å². The third-order valence-corrected chi connectivity index (χ3v) is 6.83. The van der Waals surface area contributed by atoms with Gasteiger partial charge in [-0.05, 0) is 24.3 Å². The van der Waals surface area contributed by atoms with Crippen molar-refractivity contribution < 1.29 is 0 Å². The number of hydrogen-bond acceptors (Lipinski definition) is 3. The third-order valence-electron chi connectivity index (χ3n) is 3.40. The van der Waals surface area contributed by atoms with Crippen molar-refractivity contribution >= 4 is 58.3 Å². The van der Waals surface area contributed by atoms with E-state index in [-0.39, 0.29) is 0 Å². The minimum atomic E-state index is 0.380. The minimum Gasteiger partial charge on any atom is -0.253 e. The molecule has 1 aromatic heterocycles. The molecule has 0 saturated carbocycles. The van der Waals surface area contributed by atoms with Crippen molar-refractivity contribution in [1.29, 1.82) is 0 Å². The molecule has 1 heterocycles. The number of aromatic nitrogens is 1. The standard InChI is InChI=1S/C19H14Cl3NS2/c20-17-15(11-24-13-7-3-1-4-8-13)23-16(18(21)19(17)22)12-25-14-9-5-2-6-10-14/h1-10H,11-12H2. The molecule has 128 valence electrons. The van der Waals surface area contributed by atoms with Crippen molar-refractivity contribution in [2.45, 2.75) is 21.3 Å². The summed E-state index contributed by atoms with van der Waals surface area (Å²) >= 11 is 22.4. The molecule has 0 saturated heterocycles. The van der Waals surface area contributed by atoms with Gasteiger partial charge in [0.1, 0.15) is 0 Å². The molecule has 0 radical (unpaired) electrons. The van der Waals surface area contributed by atoms with Crippen LogP contribution in [0.4, 0.5) is 0 Å². The Morgan fingerprint density at radius 3 is 1.40 bits per heavy atom. The zero-order valence-corrected chi connectivity index (χ0v) is 17.0. The molecule has 0 aliphatic carbocycles. The maximum atomic E-state index is 6.35. The molecule has 0 aliphatic rings. The molecular formula is C19H14Cl3NS2. The lowest BCUT2D eigenvalue weighted by atomic mass is 10.3. The Bertz CT molecular complexity index is 775. The molecule has 0 amide bonds. The van der Waals surface area contributed by atoms with Crippen molar-refractivity contribution in [3.8, 4) is 0 Å². The van der Waals surface area contributed by atoms with E-state index in [0.29, 0.717) is 26.6 Å². The number of pyridine rings is 1. The highest BCUT2D eigenvalue weighted by atomic mass is 35.5. The van der Waals surface area contributed by atoms with E-state index in [1.54, 1.807) is 23.5 Å². The van der Waals surface area contributed by atoms with Gasteiger partial charge in [0.05, 0.1) is 26.5 Å². The molecule has 25 heavy (non-hydrogen) atoms. The third kappa shape index (κ3) is 5.08. The summed E-state index contributed by atoms with van der Waals surface area (Å²) in [6.07, 6.45) is 0. The summed E-state index contributed by atoms with van der Waals surface area (Å²) in [5, 5.41) is 1.25. The molecule has 0 fully saturated rings. The van der Waals surface area contributed by atoms with Crippen LogP contribution in [0.3, 0.4) is 0 Å². The van der Waals surface area contributed by atoms with Gasteiger partial charge in [-0.2, -0.15) is 0 Å². The van der Waals surface area contributed by atoms with Crippen LogP contribution in [0.5, 0.6) is 0 Å². The van der Waals surface area contributed by atoms with Gasteiger partial charge in [-0.1, -0.05) is 71.2 Å². The summed E-state index contributed by atoms with van der Waals surface area (Å²) in [5.41, 5.74) is 1.52. The summed E-state index contributed by atoms with van der Waals surface area (Å²) in [6.45, 7) is 0. The average molecular weight is 427 g/mol. The van der Waals surface area contributed by atoms with Crippen molar-refractivity contribution in [3.63, 3.8) is 0 Å². The van der Waals surface area contributed by atoms with Crippen LogP contribution < -0.4 is 0 Å². The predicted octanol–water partition coefficient (Wildman–Crippen LogP) is 7.63. The highest BCUT2D eigenvalue weighted by Gasteiger charge is 2.16. The number of thioether (sulfide) groups is 2. The highest BCUT2D eigenvalue weighted by Crippen LogP contribution is 2.38. The Hall–Kier alpha value is -0.840. The summed E-state index contributed by atoms with van der Waals surface area (Å²) in [7, 11) is 0. The summed E-state index contributed by atoms with van der Waals surface area (Å²) in [4.78, 5) is 6.99. The fourth-order valence-electron chi connectivity index (χ4n) is 2.14. The first-order valence-electron chi connectivity index (χ1n) is 7.53. The van der Waals surface area contributed by atoms with Gasteiger partial charge in [-0.15, -0.1) is 23.5 Å². The molecule has 3 rings (SSSR count). The van der Waals surface area contributed by atoms with Crippen LogP contribution in [0.2, 0.25) is 15.1 Å². The van der Waals surface area contributed by atoms with E-state index in [9.17, 15) is 0 Å². The van der Waals surface area contributed by atoms with Crippen LogP contribution in [0.1, 0.15) is 11.4 Å². The van der Waals surface area contributed by atoms with Crippen molar-refractivity contribution in [2.75, 3.05) is 0 Å². The van der Waals surface area contributed by atoms with E-state index in [2.05, 4.69) is 29.2 Å². The van der Waals surface area contributed by atoms with Gasteiger partial charge in [-0.25, -0.2) is 0 Å². The first kappa shape index (κ1) is 18.9. The van der Waals surface area contributed by atoms with Crippen LogP contribution in [-0.2, 0) is 11.5 Å². The number of benzene rings is 2. The molecule has 0 aliphatic heterocycles. The van der Waals surface area contributed by atoms with Crippen molar-refractivity contribution in [3.05, 3.63) is 87.1 Å². The fourth-order valence-corrected chi connectivity index (χ4v) is 4.69.